The Balaban J connectivity index is 0. The Hall–Kier alpha value is -0.128. The van der Waals surface area contributed by atoms with E-state index in [1.807, 2.05) is 13.8 Å². The van der Waals surface area contributed by atoms with E-state index in [9.17, 15) is 0 Å². The monoisotopic (exact) mass is 340 g/mol. The van der Waals surface area contributed by atoms with Gasteiger partial charge in [0.2, 0.25) is 0 Å². The molecule has 0 aliphatic carbocycles. The zero-order chi connectivity index (χ0) is 8.91. The summed E-state index contributed by atoms with van der Waals surface area (Å²) >= 11 is 0. The summed E-state index contributed by atoms with van der Waals surface area (Å²) in [5.74, 6) is 0.919. The first-order valence-corrected chi connectivity index (χ1v) is 4.05. The quantitative estimate of drug-likeness (QED) is 0.726. The minimum Gasteiger partial charge on any atom is -0.446 e. The van der Waals surface area contributed by atoms with Crippen LogP contribution >= 0.6 is 0 Å². The van der Waals surface area contributed by atoms with E-state index in [0.717, 1.165) is 5.82 Å². The second kappa shape index (κ2) is 6.40. The molecule has 0 amide bonds. The molecule has 1 radical (unpaired) electrons. The van der Waals surface area contributed by atoms with Crippen LogP contribution in [0, 0.1) is 0 Å². The molecule has 1 aromatic heterocycles. The zero-order valence-corrected chi connectivity index (χ0v) is 11.1. The van der Waals surface area contributed by atoms with Gasteiger partial charge in [-0.25, -0.2) is 0 Å². The van der Waals surface area contributed by atoms with Crippen molar-refractivity contribution in [2.45, 2.75) is 40.0 Å². The number of imidazole rings is 1. The van der Waals surface area contributed by atoms with E-state index in [0.29, 0.717) is 0 Å². The fourth-order valence-electron chi connectivity index (χ4n) is 0.629. The second-order valence-electron chi connectivity index (χ2n) is 3.13. The molecule has 0 N–H and O–H groups in total. The molecule has 1 aromatic rings. The number of hydrogen-bond acceptors (Lipinski definition) is 1. The third-order valence-electron chi connectivity index (χ3n) is 1.13. The summed E-state index contributed by atoms with van der Waals surface area (Å²) < 4.78 is 0. The van der Waals surface area contributed by atoms with Gasteiger partial charge in [0.25, 0.3) is 0 Å². The maximum atomic E-state index is 4.08. The molecule has 0 fully saturated rings. The summed E-state index contributed by atoms with van der Waals surface area (Å²) in [6.45, 7) is 10.3. The van der Waals surface area contributed by atoms with Crippen molar-refractivity contribution in [2.75, 3.05) is 0 Å². The number of aromatic nitrogens is 2. The van der Waals surface area contributed by atoms with Gasteiger partial charge in [0.05, 0.1) is 0 Å². The van der Waals surface area contributed by atoms with Gasteiger partial charge in [0, 0.05) is 20.4 Å². The van der Waals surface area contributed by atoms with Crippen LogP contribution in [0.4, 0.5) is 0 Å². The van der Waals surface area contributed by atoms with Crippen molar-refractivity contribution >= 4 is 0 Å². The van der Waals surface area contributed by atoms with Gasteiger partial charge >= 0.3 is 0 Å². The van der Waals surface area contributed by atoms with E-state index in [-0.39, 0.29) is 25.8 Å². The Morgan fingerprint density at radius 3 is 1.92 bits per heavy atom. The van der Waals surface area contributed by atoms with Crippen molar-refractivity contribution < 1.29 is 20.4 Å². The summed E-state index contributed by atoms with van der Waals surface area (Å²) in [7, 11) is 0. The molecule has 0 spiro atoms. The average molecular weight is 339 g/mol. The Morgan fingerprint density at radius 1 is 1.25 bits per heavy atom. The van der Waals surface area contributed by atoms with E-state index in [1.165, 1.54) is 0 Å². The third kappa shape index (κ3) is 4.69. The molecule has 12 heavy (non-hydrogen) atoms. The number of nitrogens with zero attached hydrogens (tertiary/aromatic N) is 2. The minimum atomic E-state index is 0. The van der Waals surface area contributed by atoms with Crippen molar-refractivity contribution in [3.63, 3.8) is 0 Å². The summed E-state index contributed by atoms with van der Waals surface area (Å²) in [6.07, 6.45) is 3.45. The Bertz CT molecular complexity index is 175. The van der Waals surface area contributed by atoms with Crippen LogP contribution in [0.25, 0.3) is 0 Å². The molecule has 0 atom stereocenters. The summed E-state index contributed by atoms with van der Waals surface area (Å²) in [5.41, 5.74) is 0.101. The largest absolute Gasteiger partial charge is 0.446 e. The molecule has 0 aliphatic rings. The van der Waals surface area contributed by atoms with Crippen LogP contribution < -0.4 is 4.98 Å². The SMILES string of the molecule is CC.CC(C)(C)c1ncc[n-]1.[Re]. The maximum absolute atomic E-state index is 4.08. The van der Waals surface area contributed by atoms with Crippen molar-refractivity contribution in [1.82, 2.24) is 9.97 Å². The molecule has 0 bridgehead atoms. The van der Waals surface area contributed by atoms with Crippen LogP contribution in [-0.4, -0.2) is 4.98 Å². The van der Waals surface area contributed by atoms with Gasteiger partial charge in [-0.3, -0.25) is 0 Å². The Morgan fingerprint density at radius 2 is 1.75 bits per heavy atom. The van der Waals surface area contributed by atoms with Crippen LogP contribution in [0.5, 0.6) is 0 Å². The van der Waals surface area contributed by atoms with Crippen LogP contribution in [0.1, 0.15) is 40.4 Å². The van der Waals surface area contributed by atoms with Gasteiger partial charge in [-0.1, -0.05) is 52.8 Å². The van der Waals surface area contributed by atoms with Crippen LogP contribution in [0.3, 0.4) is 0 Å². The first-order chi connectivity index (χ1) is 5.11. The standard InChI is InChI=1S/C7H11N2.C2H6.Re/c1-7(2,3)6-8-4-5-9-6;1-2;/h4-5H,1-3H3;1-2H3;/q-1;;. The van der Waals surface area contributed by atoms with Gasteiger partial charge in [0.15, 0.2) is 0 Å². The van der Waals surface area contributed by atoms with Crippen molar-refractivity contribution in [3.05, 3.63) is 18.2 Å². The predicted molar refractivity (Wildman–Crippen MR) is 47.6 cm³/mol. The molecular formula is C9H17N2Re-. The van der Waals surface area contributed by atoms with Gasteiger partial charge in [-0.2, -0.15) is 0 Å². The molecule has 1 heterocycles. The molecule has 0 aliphatic heterocycles. The predicted octanol–water partition coefficient (Wildman–Crippen LogP) is 2.36. The fraction of sp³-hybridized carbons (Fsp3) is 0.667. The van der Waals surface area contributed by atoms with E-state index >= 15 is 0 Å². The Kier molecular flexibility index (Phi) is 7.67. The van der Waals surface area contributed by atoms with Gasteiger partial charge in [-0.05, 0) is 5.41 Å². The molecule has 0 aromatic carbocycles. The van der Waals surface area contributed by atoms with Crippen molar-refractivity contribution in [2.24, 2.45) is 0 Å². The molecule has 71 valence electrons. The minimum absolute atomic E-state index is 0. The molecule has 2 nitrogen and oxygen atoms in total. The van der Waals surface area contributed by atoms with Crippen LogP contribution in [0.2, 0.25) is 0 Å². The number of hydrogen-bond donors (Lipinski definition) is 0. The van der Waals surface area contributed by atoms with E-state index < -0.39 is 0 Å². The van der Waals surface area contributed by atoms with E-state index in [4.69, 9.17) is 0 Å². The molecule has 1 rings (SSSR count). The first-order valence-electron chi connectivity index (χ1n) is 4.05. The van der Waals surface area contributed by atoms with Crippen LogP contribution in [-0.2, 0) is 25.8 Å². The second-order valence-corrected chi connectivity index (χ2v) is 3.13. The topological polar surface area (TPSA) is 27.0 Å². The van der Waals surface area contributed by atoms with Crippen molar-refractivity contribution in [3.8, 4) is 0 Å². The fourth-order valence-corrected chi connectivity index (χ4v) is 0.629. The smallest absolute Gasteiger partial charge is 0 e. The number of rotatable bonds is 0. The maximum Gasteiger partial charge on any atom is 0 e. The molecule has 0 unspecified atom stereocenters. The van der Waals surface area contributed by atoms with Gasteiger partial charge in [0.1, 0.15) is 0 Å². The van der Waals surface area contributed by atoms with Crippen LogP contribution in [0.15, 0.2) is 12.4 Å². The van der Waals surface area contributed by atoms with Gasteiger partial charge < -0.3 is 9.97 Å². The summed E-state index contributed by atoms with van der Waals surface area (Å²) in [6, 6.07) is 0. The normalized spacial score (nSPS) is 9.42. The summed E-state index contributed by atoms with van der Waals surface area (Å²) in [5, 5.41) is 0. The molecule has 0 saturated heterocycles. The van der Waals surface area contributed by atoms with E-state index in [1.54, 1.807) is 12.4 Å². The first kappa shape index (κ1) is 14.4. The van der Waals surface area contributed by atoms with E-state index in [2.05, 4.69) is 30.7 Å². The average Bonchev–Trinajstić information content (AvgIpc) is 2.40. The van der Waals surface area contributed by atoms with Crippen molar-refractivity contribution in [1.29, 1.82) is 0 Å². The molecule has 0 saturated carbocycles. The molecular weight excluding hydrogens is 322 g/mol. The molecule has 3 heteroatoms. The zero-order valence-electron chi connectivity index (χ0n) is 8.43. The van der Waals surface area contributed by atoms with Gasteiger partial charge in [-0.15, -0.1) is 0 Å². The summed E-state index contributed by atoms with van der Waals surface area (Å²) in [4.78, 5) is 8.15. The Labute approximate surface area is 88.8 Å². The third-order valence-corrected chi connectivity index (χ3v) is 1.13.